The van der Waals surface area contributed by atoms with Gasteiger partial charge in [-0.05, 0) is 24.6 Å². The molecule has 3 N–H and O–H groups in total. The summed E-state index contributed by atoms with van der Waals surface area (Å²) in [6.45, 7) is 1.83. The standard InChI is InChI=1S/C10H8O3.H2O4S/c1-6-4-10(12)13-9-5-7(11)2-3-8(6)9;1-5(2,3)4/h2-5,11H,1H3;(H2,1,2,3,4). The van der Waals surface area contributed by atoms with E-state index in [2.05, 4.69) is 0 Å². The summed E-state index contributed by atoms with van der Waals surface area (Å²) in [6, 6.07) is 6.15. The van der Waals surface area contributed by atoms with Crippen LogP contribution in [0, 0.1) is 6.92 Å². The maximum Gasteiger partial charge on any atom is 0.394 e. The Morgan fingerprint density at radius 3 is 2.28 bits per heavy atom. The fourth-order valence-electron chi connectivity index (χ4n) is 1.31. The summed E-state index contributed by atoms with van der Waals surface area (Å²) in [5.74, 6) is 0.0984. The van der Waals surface area contributed by atoms with Crippen LogP contribution in [-0.2, 0) is 10.4 Å². The molecule has 0 aliphatic carbocycles. The second kappa shape index (κ2) is 5.17. The van der Waals surface area contributed by atoms with Crippen LogP contribution in [0.4, 0.5) is 0 Å². The number of aromatic hydroxyl groups is 1. The van der Waals surface area contributed by atoms with Gasteiger partial charge in [-0.15, -0.1) is 0 Å². The first kappa shape index (κ1) is 14.2. The first-order valence-electron chi connectivity index (χ1n) is 4.60. The molecule has 2 rings (SSSR count). The minimum absolute atomic E-state index is 0.0984. The van der Waals surface area contributed by atoms with E-state index in [0.717, 1.165) is 10.9 Å². The zero-order chi connectivity index (χ0) is 13.9. The molecular weight excluding hydrogens is 264 g/mol. The number of aryl methyl sites for hydroxylation is 1. The second-order valence-electron chi connectivity index (χ2n) is 3.38. The lowest BCUT2D eigenvalue weighted by atomic mass is 10.1. The maximum absolute atomic E-state index is 11.0. The van der Waals surface area contributed by atoms with Gasteiger partial charge >= 0.3 is 16.0 Å². The van der Waals surface area contributed by atoms with Gasteiger partial charge in [0.1, 0.15) is 11.3 Å². The normalized spacial score (nSPS) is 10.8. The van der Waals surface area contributed by atoms with Gasteiger partial charge in [-0.3, -0.25) is 9.11 Å². The van der Waals surface area contributed by atoms with Gasteiger partial charge in [-0.1, -0.05) is 0 Å². The average Bonchev–Trinajstić information content (AvgIpc) is 2.13. The molecular formula is C10H10O7S. The van der Waals surface area contributed by atoms with Crippen LogP contribution in [0.3, 0.4) is 0 Å². The molecule has 98 valence electrons. The second-order valence-corrected chi connectivity index (χ2v) is 4.27. The van der Waals surface area contributed by atoms with Crippen molar-refractivity contribution in [3.05, 3.63) is 40.2 Å². The summed E-state index contributed by atoms with van der Waals surface area (Å²) in [4.78, 5) is 11.0. The number of fused-ring (bicyclic) bond motifs is 1. The highest BCUT2D eigenvalue weighted by atomic mass is 32.3. The van der Waals surface area contributed by atoms with Crippen molar-refractivity contribution in [1.82, 2.24) is 0 Å². The Hall–Kier alpha value is -1.90. The van der Waals surface area contributed by atoms with E-state index < -0.39 is 16.0 Å². The van der Waals surface area contributed by atoms with Gasteiger partial charge in [0, 0.05) is 17.5 Å². The van der Waals surface area contributed by atoms with E-state index in [1.54, 1.807) is 12.1 Å². The van der Waals surface area contributed by atoms with Gasteiger partial charge in [0.05, 0.1) is 0 Å². The molecule has 0 aliphatic heterocycles. The van der Waals surface area contributed by atoms with Crippen LogP contribution in [0.25, 0.3) is 11.0 Å². The molecule has 0 spiro atoms. The Kier molecular flexibility index (Phi) is 4.07. The molecule has 1 heterocycles. The van der Waals surface area contributed by atoms with E-state index in [0.29, 0.717) is 5.58 Å². The van der Waals surface area contributed by atoms with Crippen LogP contribution < -0.4 is 5.63 Å². The van der Waals surface area contributed by atoms with Gasteiger partial charge < -0.3 is 9.52 Å². The van der Waals surface area contributed by atoms with Crippen LogP contribution in [0.1, 0.15) is 5.56 Å². The molecule has 18 heavy (non-hydrogen) atoms. The molecule has 0 aliphatic rings. The molecule has 0 atom stereocenters. The highest BCUT2D eigenvalue weighted by molar-refractivity contribution is 7.79. The van der Waals surface area contributed by atoms with Crippen molar-refractivity contribution >= 4 is 21.4 Å². The molecule has 0 fully saturated rings. The molecule has 0 saturated heterocycles. The minimum atomic E-state index is -4.67. The van der Waals surface area contributed by atoms with Crippen molar-refractivity contribution in [2.24, 2.45) is 0 Å². The monoisotopic (exact) mass is 274 g/mol. The van der Waals surface area contributed by atoms with Crippen molar-refractivity contribution in [2.75, 3.05) is 0 Å². The predicted molar refractivity (Wildman–Crippen MR) is 63.1 cm³/mol. The van der Waals surface area contributed by atoms with Crippen molar-refractivity contribution in [2.45, 2.75) is 6.92 Å². The Morgan fingerprint density at radius 2 is 1.72 bits per heavy atom. The van der Waals surface area contributed by atoms with Gasteiger partial charge in [-0.2, -0.15) is 8.42 Å². The third kappa shape index (κ3) is 4.53. The van der Waals surface area contributed by atoms with Gasteiger partial charge in [-0.25, -0.2) is 4.79 Å². The quantitative estimate of drug-likeness (QED) is 0.486. The Labute approximate surface area is 102 Å². The Balaban J connectivity index is 0.000000280. The minimum Gasteiger partial charge on any atom is -0.508 e. The summed E-state index contributed by atoms with van der Waals surface area (Å²) in [5, 5.41) is 9.99. The van der Waals surface area contributed by atoms with Crippen molar-refractivity contribution in [1.29, 1.82) is 0 Å². The Bertz CT molecular complexity index is 707. The van der Waals surface area contributed by atoms with E-state index in [9.17, 15) is 4.79 Å². The van der Waals surface area contributed by atoms with E-state index in [4.69, 9.17) is 27.0 Å². The van der Waals surface area contributed by atoms with Crippen molar-refractivity contribution < 1.29 is 27.0 Å². The lowest BCUT2D eigenvalue weighted by Crippen LogP contribution is -1.97. The SMILES string of the molecule is Cc1cc(=O)oc2cc(O)ccc12.O=S(=O)(O)O. The third-order valence-electron chi connectivity index (χ3n) is 1.93. The lowest BCUT2D eigenvalue weighted by Gasteiger charge is -1.99. The summed E-state index contributed by atoms with van der Waals surface area (Å²) < 4.78 is 36.5. The van der Waals surface area contributed by atoms with E-state index in [-0.39, 0.29) is 5.75 Å². The van der Waals surface area contributed by atoms with Gasteiger partial charge in [0.2, 0.25) is 0 Å². The van der Waals surface area contributed by atoms with E-state index in [1.807, 2.05) is 6.92 Å². The molecule has 8 heteroatoms. The molecule has 0 saturated carbocycles. The van der Waals surface area contributed by atoms with Crippen LogP contribution in [0.5, 0.6) is 5.75 Å². The van der Waals surface area contributed by atoms with Crippen LogP contribution in [-0.4, -0.2) is 22.6 Å². The summed E-state index contributed by atoms with van der Waals surface area (Å²) >= 11 is 0. The van der Waals surface area contributed by atoms with Crippen molar-refractivity contribution in [3.8, 4) is 5.75 Å². The molecule has 0 radical (unpaired) electrons. The molecule has 1 aromatic carbocycles. The summed E-state index contributed by atoms with van der Waals surface area (Å²) in [5.41, 5.74) is 0.881. The number of rotatable bonds is 0. The Morgan fingerprint density at radius 1 is 1.17 bits per heavy atom. The maximum atomic E-state index is 11.0. The number of phenols is 1. The van der Waals surface area contributed by atoms with Gasteiger partial charge in [0.25, 0.3) is 0 Å². The van der Waals surface area contributed by atoms with E-state index in [1.165, 1.54) is 12.1 Å². The topological polar surface area (TPSA) is 125 Å². The average molecular weight is 274 g/mol. The number of phenolic OH excluding ortho intramolecular Hbond substituents is 1. The molecule has 7 nitrogen and oxygen atoms in total. The zero-order valence-electron chi connectivity index (χ0n) is 9.19. The van der Waals surface area contributed by atoms with E-state index >= 15 is 0 Å². The third-order valence-corrected chi connectivity index (χ3v) is 1.93. The number of hydrogen-bond acceptors (Lipinski definition) is 5. The molecule has 0 amide bonds. The largest absolute Gasteiger partial charge is 0.508 e. The number of benzene rings is 1. The van der Waals surface area contributed by atoms with Crippen LogP contribution in [0.2, 0.25) is 0 Å². The van der Waals surface area contributed by atoms with Crippen LogP contribution >= 0.6 is 0 Å². The molecule has 1 aromatic heterocycles. The summed E-state index contributed by atoms with van der Waals surface area (Å²) in [6.07, 6.45) is 0. The van der Waals surface area contributed by atoms with Crippen LogP contribution in [0.15, 0.2) is 33.5 Å². The predicted octanol–water partition coefficient (Wildman–Crippen LogP) is 1.15. The fraction of sp³-hybridized carbons (Fsp3) is 0.100. The zero-order valence-corrected chi connectivity index (χ0v) is 10.0. The molecule has 2 aromatic rings. The summed E-state index contributed by atoms with van der Waals surface area (Å²) in [7, 11) is -4.67. The van der Waals surface area contributed by atoms with Crippen molar-refractivity contribution in [3.63, 3.8) is 0 Å². The smallest absolute Gasteiger partial charge is 0.394 e. The number of hydrogen-bond donors (Lipinski definition) is 3. The molecule has 0 bridgehead atoms. The highest BCUT2D eigenvalue weighted by Gasteiger charge is 2.01. The lowest BCUT2D eigenvalue weighted by molar-refractivity contribution is 0.381. The highest BCUT2D eigenvalue weighted by Crippen LogP contribution is 2.20. The fourth-order valence-corrected chi connectivity index (χ4v) is 1.31. The molecule has 0 unspecified atom stereocenters. The van der Waals surface area contributed by atoms with Gasteiger partial charge in [0.15, 0.2) is 0 Å². The first-order chi connectivity index (χ1) is 8.16. The first-order valence-corrected chi connectivity index (χ1v) is 6.00.